The van der Waals surface area contributed by atoms with Crippen LogP contribution in [0.1, 0.15) is 47.7 Å². The summed E-state index contributed by atoms with van der Waals surface area (Å²) in [6, 6.07) is 11.7. The van der Waals surface area contributed by atoms with E-state index < -0.39 is 0 Å². The first-order valence-electron chi connectivity index (χ1n) is 11.4. The van der Waals surface area contributed by atoms with Gasteiger partial charge in [0.05, 0.1) is 21.3 Å². The first-order valence-corrected chi connectivity index (χ1v) is 11.4. The minimum atomic E-state index is -0.0762. The number of nitrogens with one attached hydrogen (secondary N) is 1. The molecule has 1 aliphatic heterocycles. The molecule has 2 aromatic carbocycles. The second kappa shape index (κ2) is 11.6. The molecule has 0 unspecified atom stereocenters. The summed E-state index contributed by atoms with van der Waals surface area (Å²) in [5, 5.41) is 3.02. The molecule has 2 aromatic rings. The van der Waals surface area contributed by atoms with Gasteiger partial charge in [-0.1, -0.05) is 31.2 Å². The van der Waals surface area contributed by atoms with Crippen molar-refractivity contribution in [2.75, 3.05) is 34.4 Å². The van der Waals surface area contributed by atoms with E-state index in [9.17, 15) is 9.59 Å². The molecular formula is C26H34N2O5. The SMILES string of the molecule is CCc1ccc(CNC(=O)CC2CCN(C(=O)c3cc(OC)c(OC)c(OC)c3)CC2)cc1. The van der Waals surface area contributed by atoms with Gasteiger partial charge in [0.1, 0.15) is 0 Å². The highest BCUT2D eigenvalue weighted by Crippen LogP contribution is 2.38. The Bertz CT molecular complexity index is 925. The average Bonchev–Trinajstić information content (AvgIpc) is 2.86. The zero-order valence-corrected chi connectivity index (χ0v) is 20.0. The molecule has 1 N–H and O–H groups in total. The van der Waals surface area contributed by atoms with E-state index in [0.717, 1.165) is 24.8 Å². The number of piperidine rings is 1. The average molecular weight is 455 g/mol. The Hall–Kier alpha value is -3.22. The summed E-state index contributed by atoms with van der Waals surface area (Å²) in [6.07, 6.45) is 3.09. The maximum atomic E-state index is 13.1. The predicted octanol–water partition coefficient (Wildman–Crippen LogP) is 3.83. The number of carbonyl (C=O) groups excluding carboxylic acids is 2. The van der Waals surface area contributed by atoms with E-state index in [2.05, 4.69) is 36.5 Å². The number of methoxy groups -OCH3 is 3. The van der Waals surface area contributed by atoms with Crippen molar-refractivity contribution in [3.05, 3.63) is 53.1 Å². The van der Waals surface area contributed by atoms with Crippen molar-refractivity contribution >= 4 is 11.8 Å². The number of benzene rings is 2. The summed E-state index contributed by atoms with van der Waals surface area (Å²) >= 11 is 0. The molecule has 7 heteroatoms. The van der Waals surface area contributed by atoms with E-state index in [4.69, 9.17) is 14.2 Å². The van der Waals surface area contributed by atoms with Crippen LogP contribution >= 0.6 is 0 Å². The smallest absolute Gasteiger partial charge is 0.254 e. The van der Waals surface area contributed by atoms with E-state index in [0.29, 0.717) is 48.9 Å². The molecule has 0 aromatic heterocycles. The summed E-state index contributed by atoms with van der Waals surface area (Å²) < 4.78 is 16.1. The van der Waals surface area contributed by atoms with Crippen LogP contribution in [0.4, 0.5) is 0 Å². The normalized spacial score (nSPS) is 14.0. The standard InChI is InChI=1S/C26H34N2O5/c1-5-18-6-8-20(9-7-18)17-27-24(29)14-19-10-12-28(13-11-19)26(30)21-15-22(31-2)25(33-4)23(16-21)32-3/h6-9,15-16,19H,5,10-14,17H2,1-4H3,(H,27,29). The topological polar surface area (TPSA) is 77.1 Å². The zero-order valence-electron chi connectivity index (χ0n) is 20.0. The highest BCUT2D eigenvalue weighted by atomic mass is 16.5. The first kappa shape index (κ1) is 24.4. The lowest BCUT2D eigenvalue weighted by Crippen LogP contribution is -2.39. The van der Waals surface area contributed by atoms with Crippen LogP contribution in [0.5, 0.6) is 17.2 Å². The van der Waals surface area contributed by atoms with Crippen LogP contribution in [0.15, 0.2) is 36.4 Å². The van der Waals surface area contributed by atoms with Gasteiger partial charge in [-0.05, 0) is 48.4 Å². The summed E-state index contributed by atoms with van der Waals surface area (Å²) in [7, 11) is 4.59. The van der Waals surface area contributed by atoms with Gasteiger partial charge in [-0.3, -0.25) is 9.59 Å². The largest absolute Gasteiger partial charge is 0.493 e. The number of amides is 2. The minimum absolute atomic E-state index is 0.0592. The van der Waals surface area contributed by atoms with Crippen molar-refractivity contribution in [3.63, 3.8) is 0 Å². The Morgan fingerprint density at radius 3 is 2.03 bits per heavy atom. The monoisotopic (exact) mass is 454 g/mol. The van der Waals surface area contributed by atoms with Gasteiger partial charge >= 0.3 is 0 Å². The molecule has 0 saturated carbocycles. The molecule has 0 spiro atoms. The Morgan fingerprint density at radius 1 is 0.939 bits per heavy atom. The third kappa shape index (κ3) is 6.18. The molecular weight excluding hydrogens is 420 g/mol. The summed E-state index contributed by atoms with van der Waals surface area (Å²) in [4.78, 5) is 27.3. The zero-order chi connectivity index (χ0) is 23.8. The highest BCUT2D eigenvalue weighted by Gasteiger charge is 2.26. The maximum absolute atomic E-state index is 13.1. The number of ether oxygens (including phenoxy) is 3. The molecule has 1 fully saturated rings. The Kier molecular flexibility index (Phi) is 8.58. The predicted molar refractivity (Wildman–Crippen MR) is 127 cm³/mol. The molecule has 0 atom stereocenters. The number of hydrogen-bond donors (Lipinski definition) is 1. The van der Waals surface area contributed by atoms with Gasteiger partial charge in [-0.25, -0.2) is 0 Å². The maximum Gasteiger partial charge on any atom is 0.254 e. The fourth-order valence-electron chi connectivity index (χ4n) is 4.16. The number of rotatable bonds is 9. The number of aryl methyl sites for hydroxylation is 1. The van der Waals surface area contributed by atoms with Crippen LogP contribution in [-0.2, 0) is 17.8 Å². The molecule has 2 amide bonds. The Morgan fingerprint density at radius 2 is 1.52 bits per heavy atom. The van der Waals surface area contributed by atoms with Crippen LogP contribution in [-0.4, -0.2) is 51.1 Å². The lowest BCUT2D eigenvalue weighted by molar-refractivity contribution is -0.122. The molecule has 3 rings (SSSR count). The summed E-state index contributed by atoms with van der Waals surface area (Å²) in [5.41, 5.74) is 2.89. The van der Waals surface area contributed by atoms with Gasteiger partial charge in [0.25, 0.3) is 5.91 Å². The molecule has 1 saturated heterocycles. The quantitative estimate of drug-likeness (QED) is 0.623. The van der Waals surface area contributed by atoms with Crippen LogP contribution in [0.3, 0.4) is 0 Å². The fraction of sp³-hybridized carbons (Fsp3) is 0.462. The van der Waals surface area contributed by atoms with E-state index in [-0.39, 0.29) is 17.7 Å². The van der Waals surface area contributed by atoms with Crippen LogP contribution in [0, 0.1) is 5.92 Å². The van der Waals surface area contributed by atoms with Gasteiger partial charge in [0, 0.05) is 31.6 Å². The van der Waals surface area contributed by atoms with E-state index >= 15 is 0 Å². The molecule has 1 heterocycles. The van der Waals surface area contributed by atoms with Gasteiger partial charge in [-0.2, -0.15) is 0 Å². The fourth-order valence-corrected chi connectivity index (χ4v) is 4.16. The first-order chi connectivity index (χ1) is 16.0. The van der Waals surface area contributed by atoms with Crippen molar-refractivity contribution < 1.29 is 23.8 Å². The third-order valence-corrected chi connectivity index (χ3v) is 6.21. The molecule has 33 heavy (non-hydrogen) atoms. The van der Waals surface area contributed by atoms with Gasteiger partial charge in [0.15, 0.2) is 11.5 Å². The highest BCUT2D eigenvalue weighted by molar-refractivity contribution is 5.95. The van der Waals surface area contributed by atoms with Crippen LogP contribution in [0.2, 0.25) is 0 Å². The van der Waals surface area contributed by atoms with E-state index in [1.54, 1.807) is 12.1 Å². The number of likely N-dealkylation sites (tertiary alicyclic amines) is 1. The van der Waals surface area contributed by atoms with Crippen LogP contribution < -0.4 is 19.5 Å². The van der Waals surface area contributed by atoms with Gasteiger partial charge in [0.2, 0.25) is 11.7 Å². The van der Waals surface area contributed by atoms with Crippen LogP contribution in [0.25, 0.3) is 0 Å². The van der Waals surface area contributed by atoms with Crippen molar-refractivity contribution in [2.24, 2.45) is 5.92 Å². The van der Waals surface area contributed by atoms with Crippen molar-refractivity contribution in [2.45, 2.75) is 39.2 Å². The molecule has 0 aliphatic carbocycles. The number of nitrogens with zero attached hydrogens (tertiary/aromatic N) is 1. The van der Waals surface area contributed by atoms with Crippen molar-refractivity contribution in [3.8, 4) is 17.2 Å². The molecule has 178 valence electrons. The second-order valence-electron chi connectivity index (χ2n) is 8.30. The van der Waals surface area contributed by atoms with E-state index in [1.807, 2.05) is 4.90 Å². The van der Waals surface area contributed by atoms with E-state index in [1.165, 1.54) is 26.9 Å². The molecule has 0 radical (unpaired) electrons. The number of hydrogen-bond acceptors (Lipinski definition) is 5. The molecule has 1 aliphatic rings. The van der Waals surface area contributed by atoms with Crippen molar-refractivity contribution in [1.29, 1.82) is 0 Å². The lowest BCUT2D eigenvalue weighted by Gasteiger charge is -2.32. The van der Waals surface area contributed by atoms with Gasteiger partial charge in [-0.15, -0.1) is 0 Å². The minimum Gasteiger partial charge on any atom is -0.493 e. The summed E-state index contributed by atoms with van der Waals surface area (Å²) in [6.45, 7) is 3.90. The number of carbonyl (C=O) groups is 2. The van der Waals surface area contributed by atoms with Crippen molar-refractivity contribution in [1.82, 2.24) is 10.2 Å². The molecule has 0 bridgehead atoms. The Labute approximate surface area is 196 Å². The third-order valence-electron chi connectivity index (χ3n) is 6.21. The molecule has 7 nitrogen and oxygen atoms in total. The second-order valence-corrected chi connectivity index (χ2v) is 8.30. The summed E-state index contributed by atoms with van der Waals surface area (Å²) in [5.74, 6) is 1.63. The Balaban J connectivity index is 1.50. The van der Waals surface area contributed by atoms with Gasteiger partial charge < -0.3 is 24.4 Å². The lowest BCUT2D eigenvalue weighted by atomic mass is 9.92.